The van der Waals surface area contributed by atoms with Gasteiger partial charge < -0.3 is 5.41 Å². The normalized spacial score (nSPS) is 20.1. The van der Waals surface area contributed by atoms with Crippen LogP contribution in [-0.4, -0.2) is 42.3 Å². The van der Waals surface area contributed by atoms with Crippen LogP contribution in [0.4, 0.5) is 0 Å². The lowest BCUT2D eigenvalue weighted by atomic mass is 10.1. The fourth-order valence-corrected chi connectivity index (χ4v) is 3.99. The van der Waals surface area contributed by atoms with Crippen molar-refractivity contribution in [3.63, 3.8) is 0 Å². The van der Waals surface area contributed by atoms with Crippen molar-refractivity contribution in [3.8, 4) is 0 Å². The quantitative estimate of drug-likeness (QED) is 0.349. The molecular formula is C28H43ClN4. The average Bonchev–Trinajstić information content (AvgIpc) is 2.92. The van der Waals surface area contributed by atoms with Gasteiger partial charge in [0, 0.05) is 44.0 Å². The third kappa shape index (κ3) is 9.81. The molecule has 33 heavy (non-hydrogen) atoms. The van der Waals surface area contributed by atoms with Gasteiger partial charge in [0.15, 0.2) is 0 Å². The minimum absolute atomic E-state index is 0.165. The van der Waals surface area contributed by atoms with Crippen molar-refractivity contribution in [1.29, 1.82) is 5.41 Å². The SMILES string of the molecule is CC.CC.CCCC1CN(Cc2ccc(C=N)cc2)C/C=C/C(c2ccc(Cl)cc2)N(C)N1. The van der Waals surface area contributed by atoms with Gasteiger partial charge in [0.05, 0.1) is 6.04 Å². The molecule has 1 aliphatic rings. The number of benzene rings is 2. The van der Waals surface area contributed by atoms with Crippen LogP contribution < -0.4 is 5.43 Å². The molecule has 2 aromatic rings. The molecule has 0 aliphatic carbocycles. The number of nitrogens with one attached hydrogen (secondary N) is 2. The summed E-state index contributed by atoms with van der Waals surface area (Å²) in [5, 5.41) is 10.4. The largest absolute Gasteiger partial charge is 0.308 e. The number of likely N-dealkylation sites (N-methyl/N-ethyl adjacent to an activating group) is 1. The molecule has 0 fully saturated rings. The highest BCUT2D eigenvalue weighted by molar-refractivity contribution is 6.30. The molecule has 2 atom stereocenters. The molecule has 0 saturated carbocycles. The van der Waals surface area contributed by atoms with Crippen molar-refractivity contribution in [1.82, 2.24) is 15.3 Å². The first-order valence-electron chi connectivity index (χ1n) is 12.3. The predicted molar refractivity (Wildman–Crippen MR) is 145 cm³/mol. The van der Waals surface area contributed by atoms with E-state index < -0.39 is 0 Å². The van der Waals surface area contributed by atoms with Gasteiger partial charge in [-0.1, -0.05) is 101 Å². The van der Waals surface area contributed by atoms with Gasteiger partial charge in [-0.3, -0.25) is 10.3 Å². The van der Waals surface area contributed by atoms with E-state index in [4.69, 9.17) is 17.0 Å². The highest BCUT2D eigenvalue weighted by atomic mass is 35.5. The van der Waals surface area contributed by atoms with Gasteiger partial charge in [-0.05, 0) is 35.2 Å². The number of rotatable bonds is 6. The number of halogens is 1. The van der Waals surface area contributed by atoms with Gasteiger partial charge in [0.25, 0.3) is 0 Å². The van der Waals surface area contributed by atoms with E-state index >= 15 is 0 Å². The van der Waals surface area contributed by atoms with E-state index in [2.05, 4.69) is 65.7 Å². The summed E-state index contributed by atoms with van der Waals surface area (Å²) >= 11 is 6.08. The molecule has 0 bridgehead atoms. The summed E-state index contributed by atoms with van der Waals surface area (Å²) in [6.45, 7) is 13.0. The lowest BCUT2D eigenvalue weighted by molar-refractivity contribution is 0.134. The van der Waals surface area contributed by atoms with Crippen molar-refractivity contribution in [3.05, 3.63) is 82.4 Å². The van der Waals surface area contributed by atoms with E-state index in [-0.39, 0.29) is 6.04 Å². The first kappa shape index (κ1) is 29.1. The second-order valence-electron chi connectivity index (χ2n) is 7.73. The molecule has 1 aliphatic heterocycles. The summed E-state index contributed by atoms with van der Waals surface area (Å²) < 4.78 is 0. The third-order valence-electron chi connectivity index (χ3n) is 5.37. The molecule has 1 heterocycles. The fraction of sp³-hybridized carbons (Fsp3) is 0.464. The highest BCUT2D eigenvalue weighted by Gasteiger charge is 2.21. The molecule has 0 amide bonds. The maximum absolute atomic E-state index is 7.37. The van der Waals surface area contributed by atoms with Crippen LogP contribution in [0.1, 0.15) is 70.2 Å². The Hall–Kier alpha value is -1.98. The number of hydrazine groups is 1. The third-order valence-corrected chi connectivity index (χ3v) is 5.62. The lowest BCUT2D eigenvalue weighted by Gasteiger charge is -2.32. The molecule has 3 rings (SSSR count). The summed E-state index contributed by atoms with van der Waals surface area (Å²) in [5.74, 6) is 0. The summed E-state index contributed by atoms with van der Waals surface area (Å²) in [6, 6.07) is 17.0. The molecular weight excluding hydrogens is 428 g/mol. The zero-order valence-electron chi connectivity index (χ0n) is 21.3. The lowest BCUT2D eigenvalue weighted by Crippen LogP contribution is -2.48. The van der Waals surface area contributed by atoms with E-state index in [1.165, 1.54) is 17.3 Å². The second-order valence-corrected chi connectivity index (χ2v) is 8.17. The molecule has 4 nitrogen and oxygen atoms in total. The van der Waals surface area contributed by atoms with Crippen molar-refractivity contribution in [2.75, 3.05) is 20.1 Å². The molecule has 182 valence electrons. The Balaban J connectivity index is 0.00000129. The van der Waals surface area contributed by atoms with Gasteiger partial charge in [-0.15, -0.1) is 0 Å². The zero-order valence-corrected chi connectivity index (χ0v) is 22.1. The van der Waals surface area contributed by atoms with Crippen LogP contribution in [0.25, 0.3) is 0 Å². The Morgan fingerprint density at radius 2 is 1.67 bits per heavy atom. The Kier molecular flexibility index (Phi) is 14.6. The molecule has 0 radical (unpaired) electrons. The molecule has 5 heteroatoms. The minimum atomic E-state index is 0.165. The van der Waals surface area contributed by atoms with Crippen molar-refractivity contribution < 1.29 is 0 Å². The van der Waals surface area contributed by atoms with Crippen LogP contribution in [0, 0.1) is 5.41 Å². The average molecular weight is 471 g/mol. The summed E-state index contributed by atoms with van der Waals surface area (Å²) in [4.78, 5) is 2.49. The second kappa shape index (κ2) is 16.6. The van der Waals surface area contributed by atoms with Gasteiger partial charge in [-0.2, -0.15) is 0 Å². The van der Waals surface area contributed by atoms with Crippen LogP contribution >= 0.6 is 11.6 Å². The monoisotopic (exact) mass is 470 g/mol. The Morgan fingerprint density at radius 1 is 1.03 bits per heavy atom. The fourth-order valence-electron chi connectivity index (χ4n) is 3.87. The Bertz CT molecular complexity index is 802. The Labute approximate surface area is 207 Å². The predicted octanol–water partition coefficient (Wildman–Crippen LogP) is 7.11. The first-order chi connectivity index (χ1) is 16.1. The summed E-state index contributed by atoms with van der Waals surface area (Å²) in [5.41, 5.74) is 7.18. The van der Waals surface area contributed by atoms with Crippen LogP contribution in [-0.2, 0) is 6.54 Å². The number of hydrogen-bond donors (Lipinski definition) is 2. The van der Waals surface area contributed by atoms with Crippen molar-refractivity contribution >= 4 is 17.8 Å². The summed E-state index contributed by atoms with van der Waals surface area (Å²) in [6.07, 6.45) is 8.21. The highest BCUT2D eigenvalue weighted by Crippen LogP contribution is 2.23. The molecule has 0 saturated heterocycles. The van der Waals surface area contributed by atoms with Crippen molar-refractivity contribution in [2.45, 2.75) is 66.1 Å². The van der Waals surface area contributed by atoms with Crippen LogP contribution in [0.2, 0.25) is 5.02 Å². The van der Waals surface area contributed by atoms with Crippen LogP contribution in [0.5, 0.6) is 0 Å². The summed E-state index contributed by atoms with van der Waals surface area (Å²) in [7, 11) is 2.12. The zero-order chi connectivity index (χ0) is 24.6. The van der Waals surface area contributed by atoms with E-state index in [0.717, 1.165) is 43.1 Å². The van der Waals surface area contributed by atoms with E-state index in [9.17, 15) is 0 Å². The maximum atomic E-state index is 7.37. The van der Waals surface area contributed by atoms with Gasteiger partial charge in [0.2, 0.25) is 0 Å². The van der Waals surface area contributed by atoms with E-state index in [1.54, 1.807) is 0 Å². The standard InChI is InChI=1S/C24H31ClN4.2C2H6/c1-3-5-23-18-29(17-20-9-7-19(16-26)8-10-20)15-4-6-24(28(2)27-23)21-11-13-22(25)14-12-21;2*1-2/h4,6-14,16,23-24,26-27H,3,5,15,17-18H2,1-2H3;2*1-2H3/b6-4+,26-16?;;. The topological polar surface area (TPSA) is 42.4 Å². The minimum Gasteiger partial charge on any atom is -0.308 e. The van der Waals surface area contributed by atoms with Crippen LogP contribution in [0.3, 0.4) is 0 Å². The number of hydrogen-bond acceptors (Lipinski definition) is 4. The molecule has 0 spiro atoms. The molecule has 2 aromatic carbocycles. The van der Waals surface area contributed by atoms with E-state index in [1.807, 2.05) is 52.0 Å². The molecule has 2 N–H and O–H groups in total. The first-order valence-corrected chi connectivity index (χ1v) is 12.7. The van der Waals surface area contributed by atoms with Gasteiger partial charge in [0.1, 0.15) is 0 Å². The van der Waals surface area contributed by atoms with Crippen LogP contribution in [0.15, 0.2) is 60.7 Å². The Morgan fingerprint density at radius 3 is 2.24 bits per heavy atom. The molecule has 0 aromatic heterocycles. The molecule has 2 unspecified atom stereocenters. The van der Waals surface area contributed by atoms with Gasteiger partial charge >= 0.3 is 0 Å². The number of nitrogens with zero attached hydrogens (tertiary/aromatic N) is 2. The van der Waals surface area contributed by atoms with Crippen molar-refractivity contribution in [2.24, 2.45) is 0 Å². The van der Waals surface area contributed by atoms with E-state index in [0.29, 0.717) is 6.04 Å². The smallest absolute Gasteiger partial charge is 0.0671 e. The maximum Gasteiger partial charge on any atom is 0.0671 e. The van der Waals surface area contributed by atoms with Gasteiger partial charge in [-0.25, -0.2) is 5.01 Å².